The molecule has 0 aliphatic heterocycles. The van der Waals surface area contributed by atoms with Crippen LogP contribution < -0.4 is 10.0 Å². The molecule has 0 saturated heterocycles. The molecule has 0 bridgehead atoms. The summed E-state index contributed by atoms with van der Waals surface area (Å²) >= 11 is 1.57. The Morgan fingerprint density at radius 1 is 1.41 bits per heavy atom. The van der Waals surface area contributed by atoms with Crippen LogP contribution in [0.5, 0.6) is 0 Å². The van der Waals surface area contributed by atoms with Crippen molar-refractivity contribution in [1.82, 2.24) is 10.0 Å². The van der Waals surface area contributed by atoms with Crippen molar-refractivity contribution >= 4 is 21.4 Å². The van der Waals surface area contributed by atoms with Gasteiger partial charge in [-0.05, 0) is 35.4 Å². The molecule has 0 saturated carbocycles. The van der Waals surface area contributed by atoms with E-state index in [1.807, 2.05) is 30.7 Å². The van der Waals surface area contributed by atoms with Gasteiger partial charge in [0.05, 0.1) is 5.75 Å². The molecule has 0 aliphatic carbocycles. The van der Waals surface area contributed by atoms with E-state index in [1.165, 1.54) is 0 Å². The van der Waals surface area contributed by atoms with Gasteiger partial charge in [0, 0.05) is 12.6 Å². The molecule has 17 heavy (non-hydrogen) atoms. The first-order valence-corrected chi connectivity index (χ1v) is 8.31. The van der Waals surface area contributed by atoms with Crippen LogP contribution in [0.2, 0.25) is 0 Å². The molecular formula is C11H20N2O2S2. The predicted molar refractivity (Wildman–Crippen MR) is 72.7 cm³/mol. The largest absolute Gasteiger partial charge is 0.314 e. The molecule has 1 rings (SSSR count). The zero-order chi connectivity index (χ0) is 12.7. The van der Waals surface area contributed by atoms with Gasteiger partial charge in [-0.3, -0.25) is 0 Å². The average molecular weight is 276 g/mol. The second-order valence-electron chi connectivity index (χ2n) is 4.23. The van der Waals surface area contributed by atoms with E-state index in [-0.39, 0.29) is 5.75 Å². The van der Waals surface area contributed by atoms with E-state index in [4.69, 9.17) is 0 Å². The van der Waals surface area contributed by atoms with Gasteiger partial charge >= 0.3 is 0 Å². The van der Waals surface area contributed by atoms with Gasteiger partial charge in [-0.15, -0.1) is 0 Å². The number of sulfonamides is 1. The second kappa shape index (κ2) is 7.10. The molecule has 0 unspecified atom stereocenters. The third kappa shape index (κ3) is 6.78. The summed E-state index contributed by atoms with van der Waals surface area (Å²) in [7, 11) is -3.14. The molecule has 1 aromatic heterocycles. The lowest BCUT2D eigenvalue weighted by atomic mass is 10.4. The SMILES string of the molecule is CC(C)NCCCS(=O)(=O)NCc1ccsc1. The van der Waals surface area contributed by atoms with Gasteiger partial charge in [0.25, 0.3) is 0 Å². The van der Waals surface area contributed by atoms with Crippen LogP contribution in [-0.4, -0.2) is 26.8 Å². The molecule has 0 amide bonds. The normalized spacial score (nSPS) is 12.2. The molecule has 0 radical (unpaired) electrons. The van der Waals surface area contributed by atoms with Gasteiger partial charge in [-0.25, -0.2) is 13.1 Å². The van der Waals surface area contributed by atoms with E-state index < -0.39 is 10.0 Å². The minimum atomic E-state index is -3.14. The van der Waals surface area contributed by atoms with Crippen molar-refractivity contribution in [2.45, 2.75) is 32.9 Å². The summed E-state index contributed by atoms with van der Waals surface area (Å²) in [5.41, 5.74) is 1.01. The van der Waals surface area contributed by atoms with Gasteiger partial charge in [0.2, 0.25) is 10.0 Å². The highest BCUT2D eigenvalue weighted by Gasteiger charge is 2.09. The van der Waals surface area contributed by atoms with Gasteiger partial charge in [-0.1, -0.05) is 13.8 Å². The van der Waals surface area contributed by atoms with Crippen LogP contribution in [0.25, 0.3) is 0 Å². The molecule has 2 N–H and O–H groups in total. The summed E-state index contributed by atoms with van der Waals surface area (Å²) < 4.78 is 25.9. The summed E-state index contributed by atoms with van der Waals surface area (Å²) in [6, 6.07) is 2.32. The molecule has 0 aromatic carbocycles. The van der Waals surface area contributed by atoms with Crippen LogP contribution >= 0.6 is 11.3 Å². The maximum Gasteiger partial charge on any atom is 0.211 e. The third-order valence-corrected chi connectivity index (χ3v) is 4.36. The average Bonchev–Trinajstić information content (AvgIpc) is 2.74. The van der Waals surface area contributed by atoms with Crippen molar-refractivity contribution in [3.63, 3.8) is 0 Å². The molecule has 0 aliphatic rings. The standard InChI is InChI=1S/C11H20N2O2S2/c1-10(2)12-5-3-7-17(14,15)13-8-11-4-6-16-9-11/h4,6,9-10,12-13H,3,5,7-8H2,1-2H3. The summed E-state index contributed by atoms with van der Waals surface area (Å²) in [6.07, 6.45) is 0.636. The number of hydrogen-bond acceptors (Lipinski definition) is 4. The highest BCUT2D eigenvalue weighted by molar-refractivity contribution is 7.89. The Hall–Kier alpha value is -0.430. The topological polar surface area (TPSA) is 58.2 Å². The number of hydrogen-bond donors (Lipinski definition) is 2. The van der Waals surface area contributed by atoms with E-state index in [2.05, 4.69) is 10.0 Å². The van der Waals surface area contributed by atoms with Crippen molar-refractivity contribution < 1.29 is 8.42 Å². The van der Waals surface area contributed by atoms with Crippen LogP contribution in [0.4, 0.5) is 0 Å². The monoisotopic (exact) mass is 276 g/mol. The molecule has 98 valence electrons. The first-order chi connectivity index (χ1) is 7.99. The Morgan fingerprint density at radius 2 is 2.18 bits per heavy atom. The maximum absolute atomic E-state index is 11.6. The first kappa shape index (κ1) is 14.6. The quantitative estimate of drug-likeness (QED) is 0.708. The van der Waals surface area contributed by atoms with Crippen molar-refractivity contribution in [2.75, 3.05) is 12.3 Å². The Balaban J connectivity index is 2.22. The summed E-state index contributed by atoms with van der Waals surface area (Å²) in [5, 5.41) is 7.09. The fraction of sp³-hybridized carbons (Fsp3) is 0.636. The molecule has 0 spiro atoms. The van der Waals surface area contributed by atoms with E-state index in [1.54, 1.807) is 11.3 Å². The highest BCUT2D eigenvalue weighted by Crippen LogP contribution is 2.05. The lowest BCUT2D eigenvalue weighted by molar-refractivity contribution is 0.561. The smallest absolute Gasteiger partial charge is 0.211 e. The molecule has 1 aromatic rings. The first-order valence-electron chi connectivity index (χ1n) is 5.71. The molecule has 1 heterocycles. The number of nitrogens with one attached hydrogen (secondary N) is 2. The Kier molecular flexibility index (Phi) is 6.11. The van der Waals surface area contributed by atoms with E-state index in [0.29, 0.717) is 19.0 Å². The molecule has 4 nitrogen and oxygen atoms in total. The molecule has 0 atom stereocenters. The van der Waals surface area contributed by atoms with Crippen molar-refractivity contribution in [3.05, 3.63) is 22.4 Å². The molecule has 6 heteroatoms. The van der Waals surface area contributed by atoms with Crippen molar-refractivity contribution in [1.29, 1.82) is 0 Å². The van der Waals surface area contributed by atoms with Crippen molar-refractivity contribution in [3.8, 4) is 0 Å². The highest BCUT2D eigenvalue weighted by atomic mass is 32.2. The Morgan fingerprint density at radius 3 is 2.76 bits per heavy atom. The molecular weight excluding hydrogens is 256 g/mol. The van der Waals surface area contributed by atoms with Crippen LogP contribution in [0.15, 0.2) is 16.8 Å². The zero-order valence-electron chi connectivity index (χ0n) is 10.3. The van der Waals surface area contributed by atoms with Gasteiger partial charge in [0.1, 0.15) is 0 Å². The van der Waals surface area contributed by atoms with Gasteiger partial charge in [-0.2, -0.15) is 11.3 Å². The van der Waals surface area contributed by atoms with Crippen LogP contribution in [0, 0.1) is 0 Å². The predicted octanol–water partition coefficient (Wildman–Crippen LogP) is 1.56. The van der Waals surface area contributed by atoms with E-state index >= 15 is 0 Å². The third-order valence-electron chi connectivity index (χ3n) is 2.22. The van der Waals surface area contributed by atoms with Crippen LogP contribution in [0.3, 0.4) is 0 Å². The van der Waals surface area contributed by atoms with E-state index in [0.717, 1.165) is 12.1 Å². The lowest BCUT2D eigenvalue weighted by Gasteiger charge is -2.08. The van der Waals surface area contributed by atoms with Gasteiger partial charge < -0.3 is 5.32 Å². The lowest BCUT2D eigenvalue weighted by Crippen LogP contribution is -2.29. The number of thiophene rings is 1. The maximum atomic E-state index is 11.6. The minimum Gasteiger partial charge on any atom is -0.314 e. The summed E-state index contributed by atoms with van der Waals surface area (Å²) in [6.45, 7) is 5.22. The second-order valence-corrected chi connectivity index (χ2v) is 6.94. The fourth-order valence-corrected chi connectivity index (χ4v) is 3.04. The van der Waals surface area contributed by atoms with Crippen molar-refractivity contribution in [2.24, 2.45) is 0 Å². The fourth-order valence-electron chi connectivity index (χ4n) is 1.31. The zero-order valence-corrected chi connectivity index (χ0v) is 11.9. The number of rotatable bonds is 8. The minimum absolute atomic E-state index is 0.177. The van der Waals surface area contributed by atoms with E-state index in [9.17, 15) is 8.42 Å². The van der Waals surface area contributed by atoms with Gasteiger partial charge in [0.15, 0.2) is 0 Å². The Labute approximate surface area is 107 Å². The summed E-state index contributed by atoms with van der Waals surface area (Å²) in [5.74, 6) is 0.177. The molecule has 0 fully saturated rings. The summed E-state index contributed by atoms with van der Waals surface area (Å²) in [4.78, 5) is 0. The van der Waals surface area contributed by atoms with Crippen LogP contribution in [0.1, 0.15) is 25.8 Å². The van der Waals surface area contributed by atoms with Crippen LogP contribution in [-0.2, 0) is 16.6 Å². The Bertz CT molecular complexity index is 399.